The molecule has 98 valence electrons. The van der Waals surface area contributed by atoms with Gasteiger partial charge in [-0.15, -0.1) is 0 Å². The van der Waals surface area contributed by atoms with Crippen molar-refractivity contribution in [1.29, 1.82) is 0 Å². The second kappa shape index (κ2) is 5.05. The van der Waals surface area contributed by atoms with Crippen molar-refractivity contribution in [3.8, 4) is 0 Å². The number of hydrogen-bond donors (Lipinski definition) is 2. The van der Waals surface area contributed by atoms with Crippen LogP contribution < -0.4 is 10.6 Å². The largest absolute Gasteiger partial charge is 0.349 e. The van der Waals surface area contributed by atoms with Crippen LogP contribution in [0.15, 0.2) is 16.7 Å². The number of carbonyl (C=O) groups excluding carboxylic acids is 1. The first kappa shape index (κ1) is 12.2. The van der Waals surface area contributed by atoms with Crippen molar-refractivity contribution in [3.05, 3.63) is 22.4 Å². The third-order valence-electron chi connectivity index (χ3n) is 3.66. The summed E-state index contributed by atoms with van der Waals surface area (Å²) in [5.74, 6) is 0.0429. The Hall–Kier alpha value is -0.810. The molecule has 1 aliphatic carbocycles. The number of rotatable bonds is 4. The minimum atomic E-state index is 0.0429. The van der Waals surface area contributed by atoms with E-state index in [1.54, 1.807) is 0 Å². The van der Waals surface area contributed by atoms with Gasteiger partial charge in [-0.2, -0.15) is 0 Å². The van der Waals surface area contributed by atoms with E-state index >= 15 is 0 Å². The highest BCUT2D eigenvalue weighted by Gasteiger charge is 2.28. The Morgan fingerprint density at radius 2 is 2.33 bits per heavy atom. The first-order valence-corrected chi connectivity index (χ1v) is 7.42. The lowest BCUT2D eigenvalue weighted by Gasteiger charge is -2.12. The van der Waals surface area contributed by atoms with Crippen molar-refractivity contribution < 1.29 is 4.79 Å². The van der Waals surface area contributed by atoms with Crippen LogP contribution in [-0.4, -0.2) is 29.6 Å². The van der Waals surface area contributed by atoms with Gasteiger partial charge in [0.25, 0.3) is 5.91 Å². The standard InChI is InChI=1S/C13H18BrN3O/c14-9-6-12(17(8-9)11-3-4-11)13(18)16-7-10-2-1-5-15-10/h6,8,10-11,15H,1-5,7H2,(H,16,18). The molecule has 2 fully saturated rings. The lowest BCUT2D eigenvalue weighted by molar-refractivity contribution is 0.0941. The van der Waals surface area contributed by atoms with E-state index in [4.69, 9.17) is 0 Å². The van der Waals surface area contributed by atoms with Crippen molar-refractivity contribution >= 4 is 21.8 Å². The summed E-state index contributed by atoms with van der Waals surface area (Å²) in [6.45, 7) is 1.80. The summed E-state index contributed by atoms with van der Waals surface area (Å²) in [5, 5.41) is 6.42. The van der Waals surface area contributed by atoms with Crippen molar-refractivity contribution in [2.24, 2.45) is 0 Å². The van der Waals surface area contributed by atoms with E-state index in [-0.39, 0.29) is 5.91 Å². The van der Waals surface area contributed by atoms with Gasteiger partial charge in [-0.3, -0.25) is 4.79 Å². The molecule has 0 bridgehead atoms. The Morgan fingerprint density at radius 1 is 1.50 bits per heavy atom. The molecule has 2 N–H and O–H groups in total. The number of amides is 1. The molecule has 1 saturated carbocycles. The summed E-state index contributed by atoms with van der Waals surface area (Å²) in [5.41, 5.74) is 0.780. The number of aromatic nitrogens is 1. The van der Waals surface area contributed by atoms with Gasteiger partial charge in [-0.1, -0.05) is 0 Å². The minimum Gasteiger partial charge on any atom is -0.349 e. The van der Waals surface area contributed by atoms with Crippen LogP contribution in [0.2, 0.25) is 0 Å². The van der Waals surface area contributed by atoms with Gasteiger partial charge in [0.05, 0.1) is 0 Å². The molecule has 1 aromatic rings. The van der Waals surface area contributed by atoms with Crippen LogP contribution in [-0.2, 0) is 0 Å². The van der Waals surface area contributed by atoms with Crippen LogP contribution >= 0.6 is 15.9 Å². The zero-order chi connectivity index (χ0) is 12.5. The molecule has 2 aliphatic rings. The Morgan fingerprint density at radius 3 is 3.00 bits per heavy atom. The summed E-state index contributed by atoms with van der Waals surface area (Å²) in [6, 6.07) is 2.89. The summed E-state index contributed by atoms with van der Waals surface area (Å²) >= 11 is 3.45. The second-order valence-corrected chi connectivity index (χ2v) is 6.10. The van der Waals surface area contributed by atoms with E-state index in [1.165, 1.54) is 19.3 Å². The maximum atomic E-state index is 12.2. The van der Waals surface area contributed by atoms with Gasteiger partial charge in [0.15, 0.2) is 0 Å². The van der Waals surface area contributed by atoms with Crippen molar-refractivity contribution in [1.82, 2.24) is 15.2 Å². The van der Waals surface area contributed by atoms with Gasteiger partial charge >= 0.3 is 0 Å². The Balaban J connectivity index is 1.64. The van der Waals surface area contributed by atoms with E-state index in [0.717, 1.165) is 29.7 Å². The molecule has 18 heavy (non-hydrogen) atoms. The monoisotopic (exact) mass is 311 g/mol. The van der Waals surface area contributed by atoms with Crippen LogP contribution in [0.1, 0.15) is 42.2 Å². The number of carbonyl (C=O) groups is 1. The molecule has 1 unspecified atom stereocenters. The topological polar surface area (TPSA) is 46.1 Å². The van der Waals surface area contributed by atoms with Gasteiger partial charge in [0.1, 0.15) is 5.69 Å². The molecule has 4 nitrogen and oxygen atoms in total. The lowest BCUT2D eigenvalue weighted by Crippen LogP contribution is -2.37. The average Bonchev–Trinajstić information content (AvgIpc) is 2.92. The SMILES string of the molecule is O=C(NCC1CCCN1)c1cc(Br)cn1C1CC1. The van der Waals surface area contributed by atoms with Crippen molar-refractivity contribution in [3.63, 3.8) is 0 Å². The molecule has 1 aromatic heterocycles. The highest BCUT2D eigenvalue weighted by atomic mass is 79.9. The van der Waals surface area contributed by atoms with Gasteiger partial charge in [0.2, 0.25) is 0 Å². The Labute approximate surface area is 115 Å². The molecule has 0 spiro atoms. The van der Waals surface area contributed by atoms with E-state index in [1.807, 2.05) is 12.3 Å². The number of hydrogen-bond acceptors (Lipinski definition) is 2. The fourth-order valence-electron chi connectivity index (χ4n) is 2.52. The quantitative estimate of drug-likeness (QED) is 0.894. The predicted molar refractivity (Wildman–Crippen MR) is 73.8 cm³/mol. The van der Waals surface area contributed by atoms with E-state index in [0.29, 0.717) is 12.1 Å². The molecule has 1 atom stereocenters. The fourth-order valence-corrected chi connectivity index (χ4v) is 2.96. The van der Waals surface area contributed by atoms with Gasteiger partial charge in [-0.05, 0) is 54.2 Å². The molecule has 2 heterocycles. The van der Waals surface area contributed by atoms with Crippen LogP contribution in [0.5, 0.6) is 0 Å². The maximum Gasteiger partial charge on any atom is 0.268 e. The Bertz CT molecular complexity index is 447. The number of nitrogens with one attached hydrogen (secondary N) is 2. The Kier molecular flexibility index (Phi) is 3.43. The molecule has 0 radical (unpaired) electrons. The summed E-state index contributed by atoms with van der Waals surface area (Å²) in [7, 11) is 0. The second-order valence-electron chi connectivity index (χ2n) is 5.19. The smallest absolute Gasteiger partial charge is 0.268 e. The molecule has 3 rings (SSSR count). The average molecular weight is 312 g/mol. The molecule has 1 aliphatic heterocycles. The maximum absolute atomic E-state index is 12.2. The molecular formula is C13H18BrN3O. The van der Waals surface area contributed by atoms with Crippen LogP contribution in [0.4, 0.5) is 0 Å². The van der Waals surface area contributed by atoms with Gasteiger partial charge < -0.3 is 15.2 Å². The lowest BCUT2D eigenvalue weighted by atomic mass is 10.2. The van der Waals surface area contributed by atoms with Crippen molar-refractivity contribution in [2.75, 3.05) is 13.1 Å². The molecule has 5 heteroatoms. The normalized spacial score (nSPS) is 23.3. The predicted octanol–water partition coefficient (Wildman–Crippen LogP) is 2.07. The van der Waals surface area contributed by atoms with E-state index < -0.39 is 0 Å². The first-order chi connectivity index (χ1) is 8.74. The minimum absolute atomic E-state index is 0.0429. The number of nitrogens with zero attached hydrogens (tertiary/aromatic N) is 1. The zero-order valence-electron chi connectivity index (χ0n) is 10.3. The summed E-state index contributed by atoms with van der Waals surface area (Å²) in [6.07, 6.45) is 6.76. The van der Waals surface area contributed by atoms with Crippen LogP contribution in [0.3, 0.4) is 0 Å². The zero-order valence-corrected chi connectivity index (χ0v) is 11.9. The first-order valence-electron chi connectivity index (χ1n) is 6.63. The van der Waals surface area contributed by atoms with Crippen LogP contribution in [0, 0.1) is 0 Å². The van der Waals surface area contributed by atoms with E-state index in [9.17, 15) is 4.79 Å². The highest BCUT2D eigenvalue weighted by molar-refractivity contribution is 9.10. The highest BCUT2D eigenvalue weighted by Crippen LogP contribution is 2.37. The molecule has 1 amide bonds. The third-order valence-corrected chi connectivity index (χ3v) is 4.09. The van der Waals surface area contributed by atoms with E-state index in [2.05, 4.69) is 31.1 Å². The fraction of sp³-hybridized carbons (Fsp3) is 0.615. The molecular weight excluding hydrogens is 294 g/mol. The van der Waals surface area contributed by atoms with Gasteiger partial charge in [-0.25, -0.2) is 0 Å². The third kappa shape index (κ3) is 2.62. The van der Waals surface area contributed by atoms with Gasteiger partial charge in [0, 0.05) is 29.3 Å². The molecule has 0 aromatic carbocycles. The molecule has 1 saturated heterocycles. The van der Waals surface area contributed by atoms with Crippen molar-refractivity contribution in [2.45, 2.75) is 37.8 Å². The summed E-state index contributed by atoms with van der Waals surface area (Å²) < 4.78 is 3.08. The number of halogens is 1. The van der Waals surface area contributed by atoms with Crippen LogP contribution in [0.25, 0.3) is 0 Å². The summed E-state index contributed by atoms with van der Waals surface area (Å²) in [4.78, 5) is 12.2.